The van der Waals surface area contributed by atoms with Crippen LogP contribution in [0.4, 0.5) is 22.7 Å². The van der Waals surface area contributed by atoms with Crippen molar-refractivity contribution >= 4 is 44.7 Å². The Morgan fingerprint density at radius 1 is 0.457 bits per heavy atom. The van der Waals surface area contributed by atoms with E-state index in [1.54, 1.807) is 0 Å². The number of benzene rings is 6. The summed E-state index contributed by atoms with van der Waals surface area (Å²) < 4.78 is 2.28. The number of anilines is 4. The molecule has 0 amide bonds. The lowest BCUT2D eigenvalue weighted by Crippen LogP contribution is -2.25. The molecule has 0 N–H and O–H groups in total. The van der Waals surface area contributed by atoms with Gasteiger partial charge in [0, 0.05) is 39.5 Å². The van der Waals surface area contributed by atoms with E-state index in [0.29, 0.717) is 6.67 Å². The predicted molar refractivity (Wildman–Crippen MR) is 191 cm³/mol. The summed E-state index contributed by atoms with van der Waals surface area (Å²) in [5.41, 5.74) is 12.7. The van der Waals surface area contributed by atoms with E-state index >= 15 is 0 Å². The normalized spacial score (nSPS) is 12.6. The lowest BCUT2D eigenvalue weighted by Gasteiger charge is -2.27. The van der Waals surface area contributed by atoms with Crippen molar-refractivity contribution in [2.45, 2.75) is 0 Å². The summed E-state index contributed by atoms with van der Waals surface area (Å²) in [5, 5.41) is 2.37. The van der Waals surface area contributed by atoms with Crippen LogP contribution in [0.2, 0.25) is 0 Å². The third kappa shape index (κ3) is 4.19. The van der Waals surface area contributed by atoms with Gasteiger partial charge in [-0.1, -0.05) is 115 Å². The summed E-state index contributed by atoms with van der Waals surface area (Å²) in [6.07, 6.45) is 1.88. The smallest absolute Gasteiger partial charge is 0.145 e. The van der Waals surface area contributed by atoms with E-state index in [1.807, 2.05) is 12.3 Å². The fourth-order valence-electron chi connectivity index (χ4n) is 7.02. The van der Waals surface area contributed by atoms with Gasteiger partial charge < -0.3 is 9.80 Å². The number of nitrogens with zero attached hydrogens (tertiary/aromatic N) is 4. The first-order valence-corrected chi connectivity index (χ1v) is 15.7. The SMILES string of the molecule is c1ccc(-c2cccc(-c3ccccc3)c2N2CN(c3cccc(-n4c5ccccc5c5cccnc54)c3)c3ccccc32)cc1. The second kappa shape index (κ2) is 10.8. The highest BCUT2D eigenvalue weighted by Crippen LogP contribution is 2.50. The van der Waals surface area contributed by atoms with Crippen LogP contribution >= 0.6 is 0 Å². The molecule has 0 fully saturated rings. The molecule has 4 nitrogen and oxygen atoms in total. The molecule has 0 saturated carbocycles. The Kier molecular flexibility index (Phi) is 6.17. The second-order valence-electron chi connectivity index (χ2n) is 11.7. The van der Waals surface area contributed by atoms with Crippen molar-refractivity contribution in [3.8, 4) is 27.9 Å². The van der Waals surface area contributed by atoms with Crippen molar-refractivity contribution in [1.29, 1.82) is 0 Å². The zero-order chi connectivity index (χ0) is 30.5. The van der Waals surface area contributed by atoms with Gasteiger partial charge in [0.15, 0.2) is 0 Å². The van der Waals surface area contributed by atoms with Gasteiger partial charge in [-0.15, -0.1) is 0 Å². The minimum absolute atomic E-state index is 0.678. The lowest BCUT2D eigenvalue weighted by atomic mass is 9.95. The van der Waals surface area contributed by atoms with Crippen molar-refractivity contribution in [2.75, 3.05) is 16.5 Å². The first kappa shape index (κ1) is 26.3. The summed E-state index contributed by atoms with van der Waals surface area (Å²) in [6.45, 7) is 0.678. The van der Waals surface area contributed by atoms with E-state index in [1.165, 1.54) is 44.7 Å². The monoisotopic (exact) mass is 590 g/mol. The number of aromatic nitrogens is 2. The van der Waals surface area contributed by atoms with Gasteiger partial charge in [0.2, 0.25) is 0 Å². The van der Waals surface area contributed by atoms with Gasteiger partial charge in [-0.05, 0) is 59.7 Å². The Hall–Kier alpha value is -6.13. The van der Waals surface area contributed by atoms with E-state index in [4.69, 9.17) is 4.98 Å². The number of fused-ring (bicyclic) bond motifs is 4. The van der Waals surface area contributed by atoms with Gasteiger partial charge >= 0.3 is 0 Å². The summed E-state index contributed by atoms with van der Waals surface area (Å²) in [5.74, 6) is 0. The largest absolute Gasteiger partial charge is 0.321 e. The third-order valence-electron chi connectivity index (χ3n) is 9.05. The molecule has 0 bridgehead atoms. The van der Waals surface area contributed by atoms with Gasteiger partial charge in [0.1, 0.15) is 12.3 Å². The molecule has 0 saturated heterocycles. The predicted octanol–water partition coefficient (Wildman–Crippen LogP) is 10.8. The van der Waals surface area contributed by atoms with Crippen molar-refractivity contribution in [3.05, 3.63) is 170 Å². The summed E-state index contributed by atoms with van der Waals surface area (Å²) >= 11 is 0. The molecule has 0 atom stereocenters. The van der Waals surface area contributed by atoms with Gasteiger partial charge in [-0.25, -0.2) is 4.98 Å². The van der Waals surface area contributed by atoms with E-state index in [2.05, 4.69) is 172 Å². The molecule has 6 aromatic carbocycles. The highest BCUT2D eigenvalue weighted by Gasteiger charge is 2.31. The Morgan fingerprint density at radius 2 is 1.04 bits per heavy atom. The Bertz CT molecular complexity index is 2250. The molecule has 46 heavy (non-hydrogen) atoms. The standard InChI is InChI=1S/C42H30N4/c1-3-14-30(15-4-1)34-21-12-22-35(31-16-5-2-6-17-31)41(34)45-29-44(39-25-9-10-26-40(39)45)32-18-11-19-33(28-32)46-38-24-8-7-20-36(38)37-23-13-27-43-42(37)46/h1-28H,29H2. The molecule has 1 aliphatic rings. The fourth-order valence-corrected chi connectivity index (χ4v) is 7.02. The maximum Gasteiger partial charge on any atom is 0.145 e. The van der Waals surface area contributed by atoms with Crippen molar-refractivity contribution in [3.63, 3.8) is 0 Å². The summed E-state index contributed by atoms with van der Waals surface area (Å²) in [7, 11) is 0. The molecule has 9 rings (SSSR count). The van der Waals surface area contributed by atoms with Gasteiger partial charge in [0.05, 0.1) is 22.6 Å². The first-order chi connectivity index (χ1) is 22.8. The number of rotatable bonds is 5. The summed E-state index contributed by atoms with van der Waals surface area (Å²) in [4.78, 5) is 9.74. The quantitative estimate of drug-likeness (QED) is 0.199. The van der Waals surface area contributed by atoms with Crippen LogP contribution in [-0.4, -0.2) is 16.2 Å². The van der Waals surface area contributed by atoms with Crippen molar-refractivity contribution in [2.24, 2.45) is 0 Å². The molecule has 2 aromatic heterocycles. The van der Waals surface area contributed by atoms with Crippen LogP contribution in [0.3, 0.4) is 0 Å². The number of hydrogen-bond donors (Lipinski definition) is 0. The molecule has 0 unspecified atom stereocenters. The molecular formula is C42H30N4. The van der Waals surface area contributed by atoms with Crippen molar-refractivity contribution < 1.29 is 0 Å². The minimum atomic E-state index is 0.678. The van der Waals surface area contributed by atoms with Gasteiger partial charge in [-0.2, -0.15) is 0 Å². The van der Waals surface area contributed by atoms with Crippen LogP contribution in [0.5, 0.6) is 0 Å². The van der Waals surface area contributed by atoms with Crippen LogP contribution < -0.4 is 9.80 Å². The molecule has 0 spiro atoms. The summed E-state index contributed by atoms with van der Waals surface area (Å²) in [6, 6.07) is 58.5. The molecule has 0 aliphatic carbocycles. The first-order valence-electron chi connectivity index (χ1n) is 15.7. The Balaban J connectivity index is 1.21. The minimum Gasteiger partial charge on any atom is -0.321 e. The second-order valence-corrected chi connectivity index (χ2v) is 11.7. The molecule has 0 radical (unpaired) electrons. The number of pyridine rings is 1. The zero-order valence-electron chi connectivity index (χ0n) is 25.2. The van der Waals surface area contributed by atoms with E-state index < -0.39 is 0 Å². The van der Waals surface area contributed by atoms with Gasteiger partial charge in [-0.3, -0.25) is 4.57 Å². The van der Waals surface area contributed by atoms with Crippen LogP contribution in [0.25, 0.3) is 49.9 Å². The molecule has 218 valence electrons. The zero-order valence-corrected chi connectivity index (χ0v) is 25.2. The van der Waals surface area contributed by atoms with Crippen LogP contribution in [0, 0.1) is 0 Å². The van der Waals surface area contributed by atoms with Gasteiger partial charge in [0.25, 0.3) is 0 Å². The number of hydrogen-bond acceptors (Lipinski definition) is 3. The maximum atomic E-state index is 4.83. The number of para-hydroxylation sites is 4. The van der Waals surface area contributed by atoms with Crippen molar-refractivity contribution in [1.82, 2.24) is 9.55 Å². The van der Waals surface area contributed by atoms with Crippen LogP contribution in [0.1, 0.15) is 0 Å². The molecule has 4 heteroatoms. The van der Waals surface area contributed by atoms with E-state index in [-0.39, 0.29) is 0 Å². The molecule has 8 aromatic rings. The Morgan fingerprint density at radius 3 is 1.78 bits per heavy atom. The van der Waals surface area contributed by atoms with E-state index in [0.717, 1.165) is 27.9 Å². The van der Waals surface area contributed by atoms with E-state index in [9.17, 15) is 0 Å². The molecule has 1 aliphatic heterocycles. The third-order valence-corrected chi connectivity index (χ3v) is 9.05. The lowest BCUT2D eigenvalue weighted by molar-refractivity contribution is 0.990. The Labute approximate surface area is 268 Å². The topological polar surface area (TPSA) is 24.3 Å². The fraction of sp³-hybridized carbons (Fsp3) is 0.0238. The molecule has 3 heterocycles. The highest BCUT2D eigenvalue weighted by molar-refractivity contribution is 6.08. The average Bonchev–Trinajstić information content (AvgIpc) is 3.69. The molecular weight excluding hydrogens is 560 g/mol. The highest BCUT2D eigenvalue weighted by atomic mass is 15.4. The maximum absolute atomic E-state index is 4.83. The average molecular weight is 591 g/mol. The van der Waals surface area contributed by atoms with Crippen LogP contribution in [0.15, 0.2) is 170 Å². The van der Waals surface area contributed by atoms with Crippen LogP contribution in [-0.2, 0) is 0 Å².